The van der Waals surface area contributed by atoms with Gasteiger partial charge in [0.25, 0.3) is 5.91 Å². The Morgan fingerprint density at radius 2 is 1.29 bits per heavy atom. The summed E-state index contributed by atoms with van der Waals surface area (Å²) in [5.41, 5.74) is 0.154. The number of hydrogen-bond acceptors (Lipinski definition) is 5. The van der Waals surface area contributed by atoms with Crippen LogP contribution in [0.2, 0.25) is 0 Å². The van der Waals surface area contributed by atoms with Gasteiger partial charge in [-0.05, 0) is 36.4 Å². The number of thioether (sulfide) groups is 1. The van der Waals surface area contributed by atoms with E-state index in [-0.39, 0.29) is 22.7 Å². The van der Waals surface area contributed by atoms with E-state index in [0.717, 1.165) is 42.1 Å². The first kappa shape index (κ1) is 24.8. The van der Waals surface area contributed by atoms with Crippen molar-refractivity contribution < 1.29 is 36.7 Å². The molecule has 0 fully saturated rings. The van der Waals surface area contributed by atoms with E-state index in [1.807, 2.05) is 0 Å². The zero-order valence-electron chi connectivity index (χ0n) is 17.2. The van der Waals surface area contributed by atoms with Crippen LogP contribution in [0.15, 0.2) is 65.6 Å². The summed E-state index contributed by atoms with van der Waals surface area (Å²) in [5, 5.41) is 4.68. The molecule has 0 aliphatic carbocycles. The summed E-state index contributed by atoms with van der Waals surface area (Å²) in [6, 6.07) is 11.9. The predicted octanol–water partition coefficient (Wildman–Crippen LogP) is 4.77. The first-order chi connectivity index (χ1) is 16.2. The van der Waals surface area contributed by atoms with Gasteiger partial charge >= 0.3 is 5.97 Å². The Morgan fingerprint density at radius 1 is 0.735 bits per heavy atom. The highest BCUT2D eigenvalue weighted by atomic mass is 32.2. The third-order valence-corrected chi connectivity index (χ3v) is 5.28. The van der Waals surface area contributed by atoms with E-state index in [1.165, 1.54) is 12.1 Å². The third kappa shape index (κ3) is 6.82. The molecule has 6 nitrogen and oxygen atoms in total. The van der Waals surface area contributed by atoms with Gasteiger partial charge < -0.3 is 15.4 Å². The molecule has 0 atom stereocenters. The molecule has 0 saturated carbocycles. The molecule has 176 valence electrons. The van der Waals surface area contributed by atoms with Crippen LogP contribution in [-0.4, -0.2) is 30.1 Å². The van der Waals surface area contributed by atoms with Crippen molar-refractivity contribution in [3.63, 3.8) is 0 Å². The highest BCUT2D eigenvalue weighted by Gasteiger charge is 2.16. The number of carbonyl (C=O) groups is 3. The van der Waals surface area contributed by atoms with Crippen LogP contribution in [0.5, 0.6) is 0 Å². The van der Waals surface area contributed by atoms with Crippen LogP contribution in [0.4, 0.5) is 28.9 Å². The zero-order chi connectivity index (χ0) is 24.7. The number of amides is 2. The SMILES string of the molecule is O=C(COC(=O)c1ccccc1SCC(=O)Nc1ccc(F)c(F)c1)Nc1ccc(F)c(F)c1. The molecule has 0 heterocycles. The van der Waals surface area contributed by atoms with Crippen molar-refractivity contribution in [1.82, 2.24) is 0 Å². The van der Waals surface area contributed by atoms with Crippen molar-refractivity contribution in [1.29, 1.82) is 0 Å². The molecule has 0 unspecified atom stereocenters. The number of hydrogen-bond donors (Lipinski definition) is 2. The van der Waals surface area contributed by atoms with E-state index < -0.39 is 47.7 Å². The van der Waals surface area contributed by atoms with Gasteiger partial charge in [-0.15, -0.1) is 11.8 Å². The fraction of sp³-hybridized carbons (Fsp3) is 0.0870. The fourth-order valence-electron chi connectivity index (χ4n) is 2.66. The molecule has 0 saturated heterocycles. The Morgan fingerprint density at radius 3 is 1.88 bits per heavy atom. The van der Waals surface area contributed by atoms with Crippen LogP contribution in [-0.2, 0) is 14.3 Å². The predicted molar refractivity (Wildman–Crippen MR) is 117 cm³/mol. The number of halogens is 4. The van der Waals surface area contributed by atoms with Crippen molar-refractivity contribution >= 4 is 40.9 Å². The lowest BCUT2D eigenvalue weighted by molar-refractivity contribution is -0.119. The van der Waals surface area contributed by atoms with Gasteiger partial charge in [-0.3, -0.25) is 9.59 Å². The third-order valence-electron chi connectivity index (χ3n) is 4.21. The Bertz CT molecular complexity index is 1240. The highest BCUT2D eigenvalue weighted by Crippen LogP contribution is 2.24. The molecule has 0 spiro atoms. The molecular formula is C23H16F4N2O4S. The highest BCUT2D eigenvalue weighted by molar-refractivity contribution is 8.00. The monoisotopic (exact) mass is 492 g/mol. The van der Waals surface area contributed by atoms with Gasteiger partial charge in [0.15, 0.2) is 29.9 Å². The van der Waals surface area contributed by atoms with E-state index in [1.54, 1.807) is 18.2 Å². The van der Waals surface area contributed by atoms with Crippen molar-refractivity contribution in [3.8, 4) is 0 Å². The minimum atomic E-state index is -1.14. The first-order valence-electron chi connectivity index (χ1n) is 9.61. The Balaban J connectivity index is 1.54. The maximum absolute atomic E-state index is 13.3. The number of rotatable bonds is 8. The van der Waals surface area contributed by atoms with Gasteiger partial charge in [0.1, 0.15) is 0 Å². The second-order valence-electron chi connectivity index (χ2n) is 6.72. The molecule has 3 aromatic carbocycles. The quantitative estimate of drug-likeness (QED) is 0.269. The standard InChI is InChI=1S/C23H16F4N2O4S/c24-16-7-5-13(9-18(16)26)28-21(30)11-33-23(32)15-3-1-2-4-20(15)34-12-22(31)29-14-6-8-17(25)19(27)10-14/h1-10H,11-12H2,(H,28,30)(H,29,31). The molecule has 0 aliphatic heterocycles. The first-order valence-corrected chi connectivity index (χ1v) is 10.6. The van der Waals surface area contributed by atoms with Gasteiger partial charge in [-0.25, -0.2) is 22.4 Å². The average molecular weight is 492 g/mol. The molecule has 11 heteroatoms. The molecule has 3 rings (SSSR count). The molecule has 0 bridgehead atoms. The Kier molecular flexibility index (Phi) is 8.25. The summed E-state index contributed by atoms with van der Waals surface area (Å²) in [6.07, 6.45) is 0. The smallest absolute Gasteiger partial charge is 0.339 e. The molecular weight excluding hydrogens is 476 g/mol. The van der Waals surface area contributed by atoms with Crippen LogP contribution in [0.25, 0.3) is 0 Å². The number of esters is 1. The molecule has 34 heavy (non-hydrogen) atoms. The van der Waals surface area contributed by atoms with E-state index >= 15 is 0 Å². The van der Waals surface area contributed by atoms with Gasteiger partial charge in [-0.1, -0.05) is 12.1 Å². The van der Waals surface area contributed by atoms with Crippen molar-refractivity contribution in [2.24, 2.45) is 0 Å². The van der Waals surface area contributed by atoms with E-state index in [4.69, 9.17) is 4.74 Å². The van der Waals surface area contributed by atoms with Crippen LogP contribution < -0.4 is 10.6 Å². The lowest BCUT2D eigenvalue weighted by atomic mass is 10.2. The minimum absolute atomic E-state index is 0.0112. The fourth-order valence-corrected chi connectivity index (χ4v) is 3.50. The van der Waals surface area contributed by atoms with Gasteiger partial charge in [0, 0.05) is 28.4 Å². The normalized spacial score (nSPS) is 10.5. The summed E-state index contributed by atoms with van der Waals surface area (Å²) in [6.45, 7) is -0.687. The number of anilines is 2. The number of carbonyl (C=O) groups excluding carboxylic acids is 3. The number of nitrogens with one attached hydrogen (secondary N) is 2. The van der Waals surface area contributed by atoms with Crippen LogP contribution in [0.3, 0.4) is 0 Å². The summed E-state index contributed by atoms with van der Waals surface area (Å²) < 4.78 is 57.4. The van der Waals surface area contributed by atoms with Crippen molar-refractivity contribution in [2.75, 3.05) is 23.0 Å². The number of ether oxygens (including phenoxy) is 1. The summed E-state index contributed by atoms with van der Waals surface area (Å²) in [4.78, 5) is 36.9. The van der Waals surface area contributed by atoms with E-state index in [9.17, 15) is 31.9 Å². The zero-order valence-corrected chi connectivity index (χ0v) is 18.1. The lowest BCUT2D eigenvalue weighted by Crippen LogP contribution is -2.21. The van der Waals surface area contributed by atoms with Gasteiger partial charge in [-0.2, -0.15) is 0 Å². The Hall–Kier alpha value is -3.86. The molecule has 0 aliphatic rings. The average Bonchev–Trinajstić information content (AvgIpc) is 2.81. The van der Waals surface area contributed by atoms with Crippen LogP contribution >= 0.6 is 11.8 Å². The molecule has 3 aromatic rings. The topological polar surface area (TPSA) is 84.5 Å². The van der Waals surface area contributed by atoms with Crippen molar-refractivity contribution in [3.05, 3.63) is 89.5 Å². The van der Waals surface area contributed by atoms with Crippen LogP contribution in [0.1, 0.15) is 10.4 Å². The van der Waals surface area contributed by atoms with Gasteiger partial charge in [0.2, 0.25) is 5.91 Å². The summed E-state index contributed by atoms with van der Waals surface area (Å²) in [7, 11) is 0. The summed E-state index contributed by atoms with van der Waals surface area (Å²) in [5.74, 6) is -6.65. The molecule has 2 N–H and O–H groups in total. The van der Waals surface area contributed by atoms with E-state index in [2.05, 4.69) is 10.6 Å². The van der Waals surface area contributed by atoms with E-state index in [0.29, 0.717) is 4.90 Å². The summed E-state index contributed by atoms with van der Waals surface area (Å²) >= 11 is 0.991. The minimum Gasteiger partial charge on any atom is -0.452 e. The molecule has 0 radical (unpaired) electrons. The lowest BCUT2D eigenvalue weighted by Gasteiger charge is -2.10. The second-order valence-corrected chi connectivity index (χ2v) is 7.73. The second kappa shape index (κ2) is 11.3. The molecule has 0 aromatic heterocycles. The molecule has 2 amide bonds. The number of benzene rings is 3. The maximum Gasteiger partial charge on any atom is 0.339 e. The Labute approximate surface area is 195 Å². The van der Waals surface area contributed by atoms with Gasteiger partial charge in [0.05, 0.1) is 11.3 Å². The largest absolute Gasteiger partial charge is 0.452 e. The maximum atomic E-state index is 13.3. The van der Waals surface area contributed by atoms with Crippen LogP contribution in [0, 0.1) is 23.3 Å². The van der Waals surface area contributed by atoms with Crippen molar-refractivity contribution in [2.45, 2.75) is 4.90 Å².